The Balaban J connectivity index is 0.00000144. The van der Waals surface area contributed by atoms with Gasteiger partial charge in [0.1, 0.15) is 5.82 Å². The molecule has 0 saturated heterocycles. The van der Waals surface area contributed by atoms with Gasteiger partial charge in [-0.1, -0.05) is 12.1 Å². The van der Waals surface area contributed by atoms with Crippen molar-refractivity contribution in [3.63, 3.8) is 0 Å². The van der Waals surface area contributed by atoms with Crippen molar-refractivity contribution >= 4 is 12.4 Å². The number of rotatable bonds is 1. The predicted molar refractivity (Wildman–Crippen MR) is 39.8 cm³/mol. The summed E-state index contributed by atoms with van der Waals surface area (Å²) in [4.78, 5) is 0. The maximum absolute atomic E-state index is 12.5. The van der Waals surface area contributed by atoms with Crippen LogP contribution in [0.5, 0.6) is 0 Å². The SMILES string of the molecule is Cc1cc([B-](F)(F)F)ccc1F.[K+]. The van der Waals surface area contributed by atoms with Crippen molar-refractivity contribution in [1.82, 2.24) is 0 Å². The molecular weight excluding hydrogens is 210 g/mol. The molecule has 0 aliphatic rings. The maximum atomic E-state index is 12.5. The summed E-state index contributed by atoms with van der Waals surface area (Å²) < 4.78 is 48.6. The van der Waals surface area contributed by atoms with E-state index in [4.69, 9.17) is 0 Å². The fraction of sp³-hybridized carbons (Fsp3) is 0.143. The summed E-state index contributed by atoms with van der Waals surface area (Å²) in [5.41, 5.74) is -0.736. The molecule has 0 radical (unpaired) electrons. The summed E-state index contributed by atoms with van der Waals surface area (Å²) in [7, 11) is 0. The first-order chi connectivity index (χ1) is 5.41. The Morgan fingerprint density at radius 2 is 1.69 bits per heavy atom. The zero-order valence-corrected chi connectivity index (χ0v) is 10.4. The van der Waals surface area contributed by atoms with Gasteiger partial charge in [0.05, 0.1) is 0 Å². The molecule has 66 valence electrons. The molecule has 0 amide bonds. The molecule has 0 heterocycles. The topological polar surface area (TPSA) is 0 Å². The smallest absolute Gasteiger partial charge is 0.445 e. The van der Waals surface area contributed by atoms with Crippen LogP contribution in [0.15, 0.2) is 18.2 Å². The molecule has 0 bridgehead atoms. The standard InChI is InChI=1S/C7H6BF4.K/c1-5-4-6(8(10,11)12)2-3-7(5)9;/h2-4H,1H3;/q-1;+1. The Hall–Kier alpha value is 0.641. The average molecular weight is 216 g/mol. The average Bonchev–Trinajstić information content (AvgIpc) is 1.92. The first kappa shape index (κ1) is 13.6. The van der Waals surface area contributed by atoms with E-state index in [2.05, 4.69) is 0 Å². The van der Waals surface area contributed by atoms with Gasteiger partial charge < -0.3 is 12.9 Å². The summed E-state index contributed by atoms with van der Waals surface area (Å²) in [5.74, 6) is -0.612. The van der Waals surface area contributed by atoms with Gasteiger partial charge in [0.25, 0.3) is 0 Å². The summed E-state index contributed by atoms with van der Waals surface area (Å²) in [6.07, 6.45) is 0. The quantitative estimate of drug-likeness (QED) is 0.425. The predicted octanol–water partition coefficient (Wildman–Crippen LogP) is -0.807. The van der Waals surface area contributed by atoms with E-state index in [0.29, 0.717) is 0 Å². The number of aryl methyl sites for hydroxylation is 1. The molecule has 6 heteroatoms. The summed E-state index contributed by atoms with van der Waals surface area (Å²) in [6.45, 7) is -3.70. The second-order valence-corrected chi connectivity index (χ2v) is 2.58. The second kappa shape index (κ2) is 4.93. The van der Waals surface area contributed by atoms with Crippen LogP contribution in [0.3, 0.4) is 0 Å². The third-order valence-electron chi connectivity index (χ3n) is 1.56. The fourth-order valence-corrected chi connectivity index (χ4v) is 0.871. The third-order valence-corrected chi connectivity index (χ3v) is 1.56. The van der Waals surface area contributed by atoms with Gasteiger partial charge in [0.15, 0.2) is 0 Å². The van der Waals surface area contributed by atoms with Crippen molar-refractivity contribution in [3.8, 4) is 0 Å². The Bertz CT molecular complexity index is 297. The normalized spacial score (nSPS) is 10.8. The van der Waals surface area contributed by atoms with Crippen LogP contribution in [0.1, 0.15) is 5.56 Å². The van der Waals surface area contributed by atoms with Gasteiger partial charge in [-0.3, -0.25) is 0 Å². The molecule has 0 nitrogen and oxygen atoms in total. The monoisotopic (exact) mass is 216 g/mol. The van der Waals surface area contributed by atoms with E-state index in [1.54, 1.807) is 0 Å². The van der Waals surface area contributed by atoms with Gasteiger partial charge in [-0.2, -0.15) is 0 Å². The molecule has 1 aromatic carbocycles. The van der Waals surface area contributed by atoms with Crippen LogP contribution in [0, 0.1) is 12.7 Å². The van der Waals surface area contributed by atoms with Gasteiger partial charge in [-0.25, -0.2) is 4.39 Å². The molecule has 0 spiro atoms. The van der Waals surface area contributed by atoms with E-state index in [0.717, 1.165) is 18.2 Å². The third kappa shape index (κ3) is 3.71. The molecular formula is C7H6BF4K. The van der Waals surface area contributed by atoms with E-state index in [9.17, 15) is 17.3 Å². The Labute approximate surface area is 116 Å². The van der Waals surface area contributed by atoms with Crippen molar-refractivity contribution < 1.29 is 68.7 Å². The van der Waals surface area contributed by atoms with Crippen molar-refractivity contribution in [2.75, 3.05) is 0 Å². The zero-order valence-electron chi connectivity index (χ0n) is 7.32. The van der Waals surface area contributed by atoms with Crippen LogP contribution in [0.25, 0.3) is 0 Å². The minimum Gasteiger partial charge on any atom is -0.445 e. The van der Waals surface area contributed by atoms with Crippen LogP contribution in [0.2, 0.25) is 0 Å². The molecule has 0 aliphatic heterocycles. The van der Waals surface area contributed by atoms with Crippen LogP contribution < -0.4 is 56.8 Å². The zero-order chi connectivity index (χ0) is 9.35. The van der Waals surface area contributed by atoms with E-state index in [1.807, 2.05) is 0 Å². The van der Waals surface area contributed by atoms with Crippen LogP contribution in [-0.2, 0) is 0 Å². The Kier molecular flexibility index (Phi) is 5.17. The Morgan fingerprint density at radius 3 is 2.08 bits per heavy atom. The van der Waals surface area contributed by atoms with E-state index in [1.165, 1.54) is 6.92 Å². The second-order valence-electron chi connectivity index (χ2n) is 2.58. The number of benzene rings is 1. The largest absolute Gasteiger partial charge is 1.00 e. The minimum atomic E-state index is -5.00. The van der Waals surface area contributed by atoms with Gasteiger partial charge in [0.2, 0.25) is 0 Å². The van der Waals surface area contributed by atoms with E-state index < -0.39 is 18.3 Å². The van der Waals surface area contributed by atoms with Crippen molar-refractivity contribution in [2.24, 2.45) is 0 Å². The fourth-order valence-electron chi connectivity index (χ4n) is 0.871. The van der Waals surface area contributed by atoms with Gasteiger partial charge in [-0.05, 0) is 18.6 Å². The number of hydrogen-bond acceptors (Lipinski definition) is 0. The Morgan fingerprint density at radius 1 is 1.15 bits per heavy atom. The van der Waals surface area contributed by atoms with E-state index in [-0.39, 0.29) is 56.9 Å². The van der Waals surface area contributed by atoms with Crippen molar-refractivity contribution in [3.05, 3.63) is 29.6 Å². The number of hydrogen-bond donors (Lipinski definition) is 0. The molecule has 0 aromatic heterocycles. The number of halogens is 4. The molecule has 0 aliphatic carbocycles. The van der Waals surface area contributed by atoms with Gasteiger partial charge in [-0.15, -0.1) is 5.46 Å². The van der Waals surface area contributed by atoms with Crippen molar-refractivity contribution in [2.45, 2.75) is 6.92 Å². The maximum Gasteiger partial charge on any atom is 1.00 e. The molecule has 13 heavy (non-hydrogen) atoms. The van der Waals surface area contributed by atoms with Crippen LogP contribution in [0.4, 0.5) is 17.3 Å². The van der Waals surface area contributed by atoms with Gasteiger partial charge >= 0.3 is 58.4 Å². The minimum absolute atomic E-state index is 0. The summed E-state index contributed by atoms with van der Waals surface area (Å²) in [5, 5.41) is 0. The molecule has 1 aromatic rings. The van der Waals surface area contributed by atoms with Crippen LogP contribution >= 0.6 is 0 Å². The van der Waals surface area contributed by atoms with Crippen molar-refractivity contribution in [1.29, 1.82) is 0 Å². The summed E-state index contributed by atoms with van der Waals surface area (Å²) >= 11 is 0. The molecule has 0 fully saturated rings. The van der Waals surface area contributed by atoms with E-state index >= 15 is 0 Å². The summed E-state index contributed by atoms with van der Waals surface area (Å²) in [6, 6.07) is 2.40. The first-order valence-electron chi connectivity index (χ1n) is 3.37. The van der Waals surface area contributed by atoms with Crippen LogP contribution in [-0.4, -0.2) is 6.98 Å². The molecule has 1 rings (SSSR count). The van der Waals surface area contributed by atoms with Gasteiger partial charge in [0, 0.05) is 0 Å². The first-order valence-corrected chi connectivity index (χ1v) is 3.37. The molecule has 0 unspecified atom stereocenters. The molecule has 0 saturated carbocycles. The molecule has 0 N–H and O–H groups in total. The molecule has 0 atom stereocenters.